The molecule has 0 atom stereocenters. The Morgan fingerprint density at radius 2 is 1.89 bits per heavy atom. The molecule has 0 bridgehead atoms. The number of carbonyl (C=O) groups excluding carboxylic acids is 1. The van der Waals surface area contributed by atoms with E-state index in [9.17, 15) is 4.79 Å². The number of rotatable bonds is 3. The molecular formula is C15H12N2O. The van der Waals surface area contributed by atoms with E-state index in [1.54, 1.807) is 12.4 Å². The van der Waals surface area contributed by atoms with E-state index in [4.69, 9.17) is 0 Å². The molecule has 88 valence electrons. The molecule has 0 amide bonds. The summed E-state index contributed by atoms with van der Waals surface area (Å²) >= 11 is 0. The van der Waals surface area contributed by atoms with Gasteiger partial charge < -0.3 is 4.98 Å². The second-order valence-corrected chi connectivity index (χ2v) is 4.23. The van der Waals surface area contributed by atoms with E-state index in [1.807, 2.05) is 42.5 Å². The van der Waals surface area contributed by atoms with Gasteiger partial charge in [-0.15, -0.1) is 0 Å². The smallest absolute Gasteiger partial charge is 0.183 e. The number of nitrogens with one attached hydrogen (secondary N) is 1. The maximum Gasteiger partial charge on any atom is 0.183 e. The fourth-order valence-electron chi connectivity index (χ4n) is 2.00. The summed E-state index contributed by atoms with van der Waals surface area (Å²) in [6.45, 7) is 0. The molecule has 3 aromatic rings. The van der Waals surface area contributed by atoms with Gasteiger partial charge in [0.2, 0.25) is 0 Å². The highest BCUT2D eigenvalue weighted by atomic mass is 16.1. The zero-order valence-electron chi connectivity index (χ0n) is 9.76. The molecule has 2 heterocycles. The van der Waals surface area contributed by atoms with Gasteiger partial charge in [0, 0.05) is 29.7 Å². The van der Waals surface area contributed by atoms with Crippen LogP contribution in [0.1, 0.15) is 16.1 Å². The summed E-state index contributed by atoms with van der Waals surface area (Å²) in [5, 5.41) is 1.07. The molecule has 0 aliphatic carbocycles. The van der Waals surface area contributed by atoms with Crippen LogP contribution < -0.4 is 0 Å². The Hall–Kier alpha value is -2.42. The van der Waals surface area contributed by atoms with Crippen LogP contribution in [-0.2, 0) is 6.42 Å². The molecule has 18 heavy (non-hydrogen) atoms. The SMILES string of the molecule is O=C(Cc1ccncc1)c1cc2ccccc2[nH]1. The van der Waals surface area contributed by atoms with Gasteiger partial charge in [-0.3, -0.25) is 9.78 Å². The van der Waals surface area contributed by atoms with Gasteiger partial charge in [0.1, 0.15) is 0 Å². The number of benzene rings is 1. The van der Waals surface area contributed by atoms with E-state index in [0.717, 1.165) is 16.5 Å². The Kier molecular flexibility index (Phi) is 2.65. The van der Waals surface area contributed by atoms with Crippen LogP contribution in [0.15, 0.2) is 54.9 Å². The number of pyridine rings is 1. The number of nitrogens with zero attached hydrogens (tertiary/aromatic N) is 1. The Morgan fingerprint density at radius 1 is 1.11 bits per heavy atom. The van der Waals surface area contributed by atoms with E-state index in [0.29, 0.717) is 12.1 Å². The maximum atomic E-state index is 12.1. The van der Waals surface area contributed by atoms with Gasteiger partial charge in [-0.2, -0.15) is 0 Å². The maximum absolute atomic E-state index is 12.1. The lowest BCUT2D eigenvalue weighted by Gasteiger charge is -1.98. The monoisotopic (exact) mass is 236 g/mol. The predicted molar refractivity (Wildman–Crippen MR) is 70.6 cm³/mol. The Morgan fingerprint density at radius 3 is 2.67 bits per heavy atom. The number of hydrogen-bond donors (Lipinski definition) is 1. The summed E-state index contributed by atoms with van der Waals surface area (Å²) in [6, 6.07) is 13.5. The van der Waals surface area contributed by atoms with Crippen LogP contribution in [0, 0.1) is 0 Å². The molecular weight excluding hydrogens is 224 g/mol. The van der Waals surface area contributed by atoms with Crippen LogP contribution in [0.5, 0.6) is 0 Å². The van der Waals surface area contributed by atoms with Gasteiger partial charge in [0.25, 0.3) is 0 Å². The Labute approximate surface area is 104 Å². The summed E-state index contributed by atoms with van der Waals surface area (Å²) in [5.74, 6) is 0.0948. The highest BCUT2D eigenvalue weighted by Gasteiger charge is 2.09. The third-order valence-corrected chi connectivity index (χ3v) is 2.94. The summed E-state index contributed by atoms with van der Waals surface area (Å²) in [5.41, 5.74) is 2.64. The minimum atomic E-state index is 0.0948. The molecule has 0 saturated carbocycles. The number of ketones is 1. The first-order valence-electron chi connectivity index (χ1n) is 5.83. The van der Waals surface area contributed by atoms with Crippen molar-refractivity contribution in [3.8, 4) is 0 Å². The third kappa shape index (κ3) is 2.02. The second-order valence-electron chi connectivity index (χ2n) is 4.23. The van der Waals surface area contributed by atoms with Crippen molar-refractivity contribution in [2.24, 2.45) is 0 Å². The zero-order chi connectivity index (χ0) is 12.4. The number of aromatic nitrogens is 2. The summed E-state index contributed by atoms with van der Waals surface area (Å²) in [6.07, 6.45) is 3.80. The number of Topliss-reactive ketones (excluding diaryl/α,β-unsaturated/α-hetero) is 1. The summed E-state index contributed by atoms with van der Waals surface area (Å²) in [4.78, 5) is 19.2. The van der Waals surface area contributed by atoms with Crippen LogP contribution in [-0.4, -0.2) is 15.8 Å². The lowest BCUT2D eigenvalue weighted by atomic mass is 10.1. The largest absolute Gasteiger partial charge is 0.352 e. The topological polar surface area (TPSA) is 45.8 Å². The van der Waals surface area contributed by atoms with Gasteiger partial charge in [-0.1, -0.05) is 18.2 Å². The minimum Gasteiger partial charge on any atom is -0.352 e. The second kappa shape index (κ2) is 4.45. The van der Waals surface area contributed by atoms with Crippen molar-refractivity contribution in [3.05, 3.63) is 66.1 Å². The van der Waals surface area contributed by atoms with Crippen LogP contribution >= 0.6 is 0 Å². The number of H-pyrrole nitrogens is 1. The van der Waals surface area contributed by atoms with Crippen molar-refractivity contribution < 1.29 is 4.79 Å². The normalized spacial score (nSPS) is 10.7. The van der Waals surface area contributed by atoms with Crippen LogP contribution in [0.3, 0.4) is 0 Å². The molecule has 1 N–H and O–H groups in total. The molecule has 0 unspecified atom stereocenters. The average molecular weight is 236 g/mol. The zero-order valence-corrected chi connectivity index (χ0v) is 9.76. The first kappa shape index (κ1) is 10.7. The number of fused-ring (bicyclic) bond motifs is 1. The van der Waals surface area contributed by atoms with Gasteiger partial charge in [0.15, 0.2) is 5.78 Å². The van der Waals surface area contributed by atoms with E-state index in [1.165, 1.54) is 0 Å². The Balaban J connectivity index is 1.88. The molecule has 3 heteroatoms. The molecule has 0 spiro atoms. The third-order valence-electron chi connectivity index (χ3n) is 2.94. The van der Waals surface area contributed by atoms with Gasteiger partial charge >= 0.3 is 0 Å². The fraction of sp³-hybridized carbons (Fsp3) is 0.0667. The number of aromatic amines is 1. The van der Waals surface area contributed by atoms with Gasteiger partial charge in [-0.05, 0) is 29.8 Å². The molecule has 0 radical (unpaired) electrons. The van der Waals surface area contributed by atoms with Gasteiger partial charge in [-0.25, -0.2) is 0 Å². The molecule has 0 aliphatic heterocycles. The van der Waals surface area contributed by atoms with Gasteiger partial charge in [0.05, 0.1) is 5.69 Å². The quantitative estimate of drug-likeness (QED) is 0.710. The lowest BCUT2D eigenvalue weighted by Crippen LogP contribution is -2.03. The highest BCUT2D eigenvalue weighted by molar-refractivity contribution is 6.00. The van der Waals surface area contributed by atoms with E-state index >= 15 is 0 Å². The molecule has 0 aliphatic rings. The van der Waals surface area contributed by atoms with Crippen molar-refractivity contribution in [3.63, 3.8) is 0 Å². The van der Waals surface area contributed by atoms with Crippen molar-refractivity contribution in [1.29, 1.82) is 0 Å². The average Bonchev–Trinajstić information content (AvgIpc) is 2.84. The fourth-order valence-corrected chi connectivity index (χ4v) is 2.00. The minimum absolute atomic E-state index is 0.0948. The molecule has 3 nitrogen and oxygen atoms in total. The highest BCUT2D eigenvalue weighted by Crippen LogP contribution is 2.16. The standard InChI is InChI=1S/C15H12N2O/c18-15(9-11-5-7-16-8-6-11)14-10-12-3-1-2-4-13(12)17-14/h1-8,10,17H,9H2. The van der Waals surface area contributed by atoms with Crippen LogP contribution in [0.4, 0.5) is 0 Å². The number of para-hydroxylation sites is 1. The van der Waals surface area contributed by atoms with E-state index < -0.39 is 0 Å². The Bertz CT molecular complexity index is 653. The first-order chi connectivity index (χ1) is 8.83. The molecule has 0 fully saturated rings. The first-order valence-corrected chi connectivity index (χ1v) is 5.83. The molecule has 0 saturated heterocycles. The molecule has 1 aromatic carbocycles. The predicted octanol–water partition coefficient (Wildman–Crippen LogP) is 2.99. The van der Waals surface area contributed by atoms with E-state index in [2.05, 4.69) is 9.97 Å². The lowest BCUT2D eigenvalue weighted by molar-refractivity contribution is 0.0989. The van der Waals surface area contributed by atoms with Crippen molar-refractivity contribution in [2.75, 3.05) is 0 Å². The van der Waals surface area contributed by atoms with Crippen molar-refractivity contribution in [2.45, 2.75) is 6.42 Å². The molecule has 2 aromatic heterocycles. The molecule has 3 rings (SSSR count). The summed E-state index contributed by atoms with van der Waals surface area (Å²) in [7, 11) is 0. The van der Waals surface area contributed by atoms with Crippen molar-refractivity contribution in [1.82, 2.24) is 9.97 Å². The number of hydrogen-bond acceptors (Lipinski definition) is 2. The van der Waals surface area contributed by atoms with Crippen LogP contribution in [0.25, 0.3) is 10.9 Å². The number of carbonyl (C=O) groups is 1. The van der Waals surface area contributed by atoms with Crippen LogP contribution in [0.2, 0.25) is 0 Å². The summed E-state index contributed by atoms with van der Waals surface area (Å²) < 4.78 is 0. The van der Waals surface area contributed by atoms with E-state index in [-0.39, 0.29) is 5.78 Å². The van der Waals surface area contributed by atoms with Crippen molar-refractivity contribution >= 4 is 16.7 Å².